The predicted molar refractivity (Wildman–Crippen MR) is 127 cm³/mol. The van der Waals surface area contributed by atoms with Crippen molar-refractivity contribution in [2.75, 3.05) is 34.0 Å². The number of fused-ring (bicyclic) bond motifs is 1. The van der Waals surface area contributed by atoms with E-state index in [1.54, 1.807) is 14.2 Å². The first-order valence-electron chi connectivity index (χ1n) is 11.7. The minimum atomic E-state index is -0.866. The van der Waals surface area contributed by atoms with Gasteiger partial charge in [0.25, 0.3) is 0 Å². The number of carbonyl (C=O) groups excluding carboxylic acids is 2. The molecule has 7 heteroatoms. The molecule has 4 rings (SSSR count). The van der Waals surface area contributed by atoms with Crippen LogP contribution in [-0.2, 0) is 20.7 Å². The highest BCUT2D eigenvalue weighted by molar-refractivity contribution is 6.02. The summed E-state index contributed by atoms with van der Waals surface area (Å²) in [4.78, 5) is 25.0. The van der Waals surface area contributed by atoms with Gasteiger partial charge >= 0.3 is 5.97 Å². The molecule has 0 N–H and O–H groups in total. The minimum absolute atomic E-state index is 0.118. The Morgan fingerprint density at radius 3 is 2.41 bits per heavy atom. The van der Waals surface area contributed by atoms with E-state index in [0.717, 1.165) is 22.3 Å². The molecule has 1 aliphatic heterocycles. The molecule has 2 aliphatic rings. The van der Waals surface area contributed by atoms with Crippen molar-refractivity contribution in [1.29, 1.82) is 0 Å². The second kappa shape index (κ2) is 10.1. The van der Waals surface area contributed by atoms with Crippen molar-refractivity contribution >= 4 is 11.8 Å². The molecule has 1 fully saturated rings. The number of carbonyl (C=O) groups is 2. The molecule has 0 spiro atoms. The molecule has 2 aromatic carbocycles. The summed E-state index contributed by atoms with van der Waals surface area (Å²) in [6.07, 6.45) is 2.53. The van der Waals surface area contributed by atoms with E-state index in [4.69, 9.17) is 23.7 Å². The highest BCUT2D eigenvalue weighted by Gasteiger charge is 2.32. The number of benzene rings is 2. The second-order valence-corrected chi connectivity index (χ2v) is 9.29. The van der Waals surface area contributed by atoms with Crippen LogP contribution in [0.5, 0.6) is 17.2 Å². The predicted octanol–water partition coefficient (Wildman–Crippen LogP) is 4.63. The topological polar surface area (TPSA) is 80.3 Å². The maximum atomic E-state index is 12.7. The summed E-state index contributed by atoms with van der Waals surface area (Å²) in [5, 5.41) is 0. The molecule has 7 nitrogen and oxygen atoms in total. The van der Waals surface area contributed by atoms with Gasteiger partial charge in [0, 0.05) is 30.8 Å². The van der Waals surface area contributed by atoms with Crippen LogP contribution in [0, 0.1) is 5.92 Å². The number of hydrogen-bond donors (Lipinski definition) is 0. The van der Waals surface area contributed by atoms with Crippen LogP contribution in [0.4, 0.5) is 0 Å². The monoisotopic (exact) mass is 468 g/mol. The zero-order chi connectivity index (χ0) is 24.3. The summed E-state index contributed by atoms with van der Waals surface area (Å²) < 4.78 is 28.6. The van der Waals surface area contributed by atoms with Gasteiger partial charge in [-0.15, -0.1) is 0 Å². The van der Waals surface area contributed by atoms with Gasteiger partial charge in [-0.25, -0.2) is 0 Å². The first-order valence-corrected chi connectivity index (χ1v) is 11.7. The Balaban J connectivity index is 1.63. The fraction of sp³-hybridized carbons (Fsp3) is 0.481. The number of Topliss-reactive ketones (excluding diaryl/α,β-unsaturated/α-hetero) is 1. The summed E-state index contributed by atoms with van der Waals surface area (Å²) in [5.41, 5.74) is 2.63. The number of hydrogen-bond acceptors (Lipinski definition) is 7. The van der Waals surface area contributed by atoms with E-state index in [1.165, 1.54) is 0 Å². The van der Waals surface area contributed by atoms with Crippen LogP contribution in [0.15, 0.2) is 30.3 Å². The van der Waals surface area contributed by atoms with Crippen molar-refractivity contribution in [2.24, 2.45) is 5.92 Å². The van der Waals surface area contributed by atoms with Crippen LogP contribution in [-0.4, -0.2) is 51.4 Å². The van der Waals surface area contributed by atoms with Crippen LogP contribution < -0.4 is 14.2 Å². The van der Waals surface area contributed by atoms with E-state index in [9.17, 15) is 9.59 Å². The van der Waals surface area contributed by atoms with Gasteiger partial charge in [-0.3, -0.25) is 9.59 Å². The largest absolute Gasteiger partial charge is 0.493 e. The molecule has 0 aromatic heterocycles. The van der Waals surface area contributed by atoms with Gasteiger partial charge in [0.05, 0.1) is 20.1 Å². The van der Waals surface area contributed by atoms with E-state index in [-0.39, 0.29) is 24.3 Å². The number of methoxy groups -OCH3 is 2. The molecule has 0 radical (unpaired) electrons. The molecule has 1 saturated heterocycles. The Hall–Kier alpha value is -3.06. The number of rotatable bonds is 8. The lowest BCUT2D eigenvalue weighted by Gasteiger charge is -2.29. The molecule has 0 saturated carbocycles. The van der Waals surface area contributed by atoms with Gasteiger partial charge < -0.3 is 23.7 Å². The van der Waals surface area contributed by atoms with Gasteiger partial charge in [-0.05, 0) is 56.4 Å². The van der Waals surface area contributed by atoms with E-state index < -0.39 is 5.60 Å². The fourth-order valence-electron chi connectivity index (χ4n) is 4.56. The average Bonchev–Trinajstić information content (AvgIpc) is 3.23. The Morgan fingerprint density at radius 1 is 0.971 bits per heavy atom. The lowest BCUT2D eigenvalue weighted by atomic mass is 9.95. The second-order valence-electron chi connectivity index (χ2n) is 9.29. The molecule has 182 valence electrons. The lowest BCUT2D eigenvalue weighted by Crippen LogP contribution is -2.38. The molecule has 0 bridgehead atoms. The smallest absolute Gasteiger partial charge is 0.309 e. The third kappa shape index (κ3) is 4.89. The number of esters is 1. The summed E-state index contributed by atoms with van der Waals surface area (Å²) in [5.74, 6) is 1.25. The highest BCUT2D eigenvalue weighted by atomic mass is 16.6. The van der Waals surface area contributed by atoms with Crippen molar-refractivity contribution < 1.29 is 33.3 Å². The van der Waals surface area contributed by atoms with E-state index in [2.05, 4.69) is 0 Å². The van der Waals surface area contributed by atoms with Crippen molar-refractivity contribution in [3.05, 3.63) is 41.5 Å². The summed E-state index contributed by atoms with van der Waals surface area (Å²) in [6.45, 7) is 4.92. The lowest BCUT2D eigenvalue weighted by molar-refractivity contribution is -0.167. The molecule has 0 atom stereocenters. The molecular weight excluding hydrogens is 436 g/mol. The normalized spacial score (nSPS) is 16.2. The molecule has 0 unspecified atom stereocenters. The summed E-state index contributed by atoms with van der Waals surface area (Å²) >= 11 is 0. The molecule has 34 heavy (non-hydrogen) atoms. The first kappa shape index (κ1) is 24.1. The van der Waals surface area contributed by atoms with Crippen molar-refractivity contribution in [1.82, 2.24) is 0 Å². The Morgan fingerprint density at radius 2 is 1.71 bits per heavy atom. The zero-order valence-corrected chi connectivity index (χ0v) is 20.3. The molecule has 2 aromatic rings. The van der Waals surface area contributed by atoms with E-state index in [1.807, 2.05) is 44.2 Å². The van der Waals surface area contributed by atoms with Crippen LogP contribution in [0.3, 0.4) is 0 Å². The van der Waals surface area contributed by atoms with E-state index >= 15 is 0 Å². The van der Waals surface area contributed by atoms with E-state index in [0.29, 0.717) is 56.1 Å². The highest BCUT2D eigenvalue weighted by Crippen LogP contribution is 2.46. The maximum absolute atomic E-state index is 12.7. The molecule has 0 amide bonds. The number of ether oxygens (including phenoxy) is 5. The van der Waals surface area contributed by atoms with Crippen molar-refractivity contribution in [3.63, 3.8) is 0 Å². The SMILES string of the molecule is COc1ccc(-c2cccc3c2CCC3=O)c(OCC(C)(C)OC(=O)C2CCOCC2)c1OC. The number of ketones is 1. The van der Waals surface area contributed by atoms with Gasteiger partial charge in [0.15, 0.2) is 17.3 Å². The van der Waals surface area contributed by atoms with Gasteiger partial charge in [0.1, 0.15) is 12.2 Å². The molecular formula is C27H32O7. The van der Waals surface area contributed by atoms with Crippen molar-refractivity contribution in [3.8, 4) is 28.4 Å². The van der Waals surface area contributed by atoms with Crippen molar-refractivity contribution in [2.45, 2.75) is 45.1 Å². The Kier molecular flexibility index (Phi) is 7.12. The maximum Gasteiger partial charge on any atom is 0.309 e. The molecule has 1 heterocycles. The first-order chi connectivity index (χ1) is 16.3. The average molecular weight is 469 g/mol. The quantitative estimate of drug-likeness (QED) is 0.523. The summed E-state index contributed by atoms with van der Waals surface area (Å²) in [7, 11) is 3.13. The Bertz CT molecular complexity index is 1070. The zero-order valence-electron chi connectivity index (χ0n) is 20.3. The standard InChI is InChI=1S/C27H32O7/c1-27(2,34-26(29)17-12-14-32-15-13-17)16-33-24-21(9-11-23(30-3)25(24)31-4)18-6-5-7-20-19(18)8-10-22(20)28/h5-7,9,11,17H,8,10,12-16H2,1-4H3. The Labute approximate surface area is 200 Å². The molecule has 1 aliphatic carbocycles. The van der Waals surface area contributed by atoms with Gasteiger partial charge in [-0.1, -0.05) is 18.2 Å². The fourth-order valence-corrected chi connectivity index (χ4v) is 4.56. The third-order valence-corrected chi connectivity index (χ3v) is 6.36. The van der Waals surface area contributed by atoms with Crippen LogP contribution in [0.25, 0.3) is 11.1 Å². The van der Waals surface area contributed by atoms with Gasteiger partial charge in [0.2, 0.25) is 5.75 Å². The van der Waals surface area contributed by atoms with Crippen LogP contribution in [0.1, 0.15) is 49.0 Å². The van der Waals surface area contributed by atoms with Gasteiger partial charge in [-0.2, -0.15) is 0 Å². The van der Waals surface area contributed by atoms with Crippen LogP contribution in [0.2, 0.25) is 0 Å². The minimum Gasteiger partial charge on any atom is -0.493 e. The summed E-state index contributed by atoms with van der Waals surface area (Å²) in [6, 6.07) is 9.48. The van der Waals surface area contributed by atoms with Crippen LogP contribution >= 0.6 is 0 Å². The third-order valence-electron chi connectivity index (χ3n) is 6.36.